The number of rotatable bonds is 40. The van der Waals surface area contributed by atoms with Crippen LogP contribution in [0.2, 0.25) is 0 Å². The van der Waals surface area contributed by atoms with E-state index in [1.807, 2.05) is 94.4 Å². The summed E-state index contributed by atoms with van der Waals surface area (Å²) >= 11 is 0. The van der Waals surface area contributed by atoms with Crippen molar-refractivity contribution in [1.82, 2.24) is 19.9 Å². The van der Waals surface area contributed by atoms with Gasteiger partial charge in [-0.05, 0) is 267 Å². The van der Waals surface area contributed by atoms with Gasteiger partial charge in [-0.15, -0.1) is 304 Å². The first kappa shape index (κ1) is 141. The minimum atomic E-state index is -0.331. The molecule has 0 aliphatic carbocycles. The fourth-order valence-electron chi connectivity index (χ4n) is 9.92. The molecule has 7 aromatic rings. The van der Waals surface area contributed by atoms with Gasteiger partial charge in [0.15, 0.2) is 34.5 Å². The summed E-state index contributed by atoms with van der Waals surface area (Å²) in [6.45, 7) is 22.6. The van der Waals surface area contributed by atoms with E-state index in [-0.39, 0.29) is 248 Å². The zero-order valence-corrected chi connectivity index (χ0v) is 138. The highest BCUT2D eigenvalue weighted by Crippen LogP contribution is 3.50. The molecule has 5 aromatic carbocycles. The Bertz CT molecular complexity index is 4390. The van der Waals surface area contributed by atoms with Gasteiger partial charge in [-0.25, -0.2) is 29.6 Å². The van der Waals surface area contributed by atoms with Crippen molar-refractivity contribution in [2.45, 2.75) is 80.3 Å². The number of hydrogen-bond acceptors (Lipinski definition) is 8. The average Bonchev–Trinajstić information content (AvgIpc) is 0.719. The van der Waals surface area contributed by atoms with Crippen molar-refractivity contribution < 1.29 is 9.84 Å². The largest absolute Gasteiger partial charge is 0.503 e. The molecule has 2 heterocycles. The Balaban J connectivity index is 0.000000453. The molecule has 0 radical (unpaired) electrons. The number of aromatic hydroxyl groups is 1. The van der Waals surface area contributed by atoms with E-state index < -0.39 is 0 Å². The Labute approximate surface area is 883 Å². The topological polar surface area (TPSA) is 114 Å². The molecule has 3 N–H and O–H groups in total. The molecule has 0 saturated heterocycles. The van der Waals surface area contributed by atoms with E-state index in [1.54, 1.807) is 36.4 Å². The predicted octanol–water partition coefficient (Wildman–Crippen LogP) is 52.6. The fourth-order valence-corrected chi connectivity index (χ4v) is 972. The first-order valence-electron chi connectivity index (χ1n) is 34.9. The van der Waals surface area contributed by atoms with Crippen LogP contribution in [-0.2, 0) is 17.4 Å². The summed E-state index contributed by atoms with van der Waals surface area (Å²) in [6, 6.07) is 40.5. The highest BCUT2D eigenvalue weighted by molar-refractivity contribution is 9.55. The first-order valence-corrected chi connectivity index (χ1v) is 155. The number of aromatic nitrogens is 4. The molecule has 0 aliphatic heterocycles. The van der Waals surface area contributed by atoms with E-state index in [1.165, 1.54) is 5.56 Å². The van der Waals surface area contributed by atoms with E-state index in [9.17, 15) is 5.11 Å². The number of anilines is 4. The monoisotopic (exact) mass is 2940 g/mol. The summed E-state index contributed by atoms with van der Waals surface area (Å²) in [5.74, 6) is 2.89. The average molecular weight is 2940 g/mol. The van der Waals surface area contributed by atoms with Crippen molar-refractivity contribution >= 4 is 562 Å². The summed E-state index contributed by atoms with van der Waals surface area (Å²) in [6.07, 6.45) is 0. The highest BCUT2D eigenvalue weighted by Gasteiger charge is 2.63. The van der Waals surface area contributed by atoms with Gasteiger partial charge in [0.05, 0.1) is 13.1 Å². The number of nitrogens with zero attached hydrogens (tertiary/aromatic N) is 6. The number of ether oxygens (including phenoxy) is 1. The molecule has 7 rings (SSSR count). The molecule has 128 heavy (non-hydrogen) atoms. The molecule has 0 spiro atoms. The van der Waals surface area contributed by atoms with E-state index in [4.69, 9.17) is 27.8 Å². The summed E-state index contributed by atoms with van der Waals surface area (Å²) in [5.41, 5.74) is 8.59. The van der Waals surface area contributed by atoms with Crippen LogP contribution in [0.25, 0.3) is 32.2 Å². The Morgan fingerprint density at radius 1 is 0.305 bits per heavy atom. The van der Waals surface area contributed by atoms with Crippen molar-refractivity contribution in [2.75, 3.05) is 10.6 Å². The van der Waals surface area contributed by atoms with Crippen molar-refractivity contribution in [2.24, 2.45) is 0 Å². The second kappa shape index (κ2) is 71.7. The van der Waals surface area contributed by atoms with Crippen molar-refractivity contribution in [3.63, 3.8) is 0 Å². The first-order chi connectivity index (χ1) is 59.1. The van der Waals surface area contributed by atoms with Gasteiger partial charge in [0.25, 0.3) is 0 Å². The summed E-state index contributed by atoms with van der Waals surface area (Å²) in [7, 11) is 122. The normalized spacial score (nSPS) is 13.4. The maximum absolute atomic E-state index is 10.8. The summed E-state index contributed by atoms with van der Waals surface area (Å²) < 4.78 is 6.39. The van der Waals surface area contributed by atoms with Crippen LogP contribution in [0.4, 0.5) is 34.4 Å². The molecule has 0 amide bonds. The third kappa shape index (κ3) is 45.5. The van der Waals surface area contributed by atoms with Crippen LogP contribution in [0, 0.1) is 27.0 Å². The molecular weight excluding hydrogens is 2810 g/mol. The Morgan fingerprint density at radius 2 is 0.539 bits per heavy atom. The van der Waals surface area contributed by atoms with Gasteiger partial charge in [-0.2, -0.15) is 0 Å². The summed E-state index contributed by atoms with van der Waals surface area (Å²) in [5, 5.41) is 17.4. The Kier molecular flexibility index (Phi) is 79.0. The van der Waals surface area contributed by atoms with Crippen LogP contribution < -0.4 is 15.4 Å². The Morgan fingerprint density at radius 3 is 0.805 bits per heavy atom. The maximum atomic E-state index is 10.8. The second-order valence-electron chi connectivity index (χ2n) is 27.2. The van der Waals surface area contributed by atoms with Gasteiger partial charge < -0.3 is 20.5 Å². The number of hydrogen-bond donors (Lipinski definition) is 3. The minimum Gasteiger partial charge on any atom is -0.503 e. The van der Waals surface area contributed by atoms with E-state index in [2.05, 4.69) is 386 Å². The predicted molar refractivity (Wildman–Crippen MR) is 805 cm³/mol. The lowest BCUT2D eigenvalue weighted by Gasteiger charge is -2.61. The third-order valence-corrected chi connectivity index (χ3v) is 475. The molecular formula is C52H122N8O2P66. The molecule has 0 fully saturated rings. The van der Waals surface area contributed by atoms with Gasteiger partial charge >= 0.3 is 0 Å². The number of nitrogens with one attached hydrogen (secondary N) is 2. The van der Waals surface area contributed by atoms with Gasteiger partial charge in [-0.1, -0.05) is 163 Å². The molecule has 37 atom stereocenters. The lowest BCUT2D eigenvalue weighted by atomic mass is 9.95. The lowest BCUT2D eigenvalue weighted by Crippen LogP contribution is -2.18. The van der Waals surface area contributed by atoms with Crippen molar-refractivity contribution in [1.29, 1.82) is 0 Å². The molecule has 10 nitrogen and oxygen atoms in total. The van der Waals surface area contributed by atoms with Gasteiger partial charge in [0, 0.05) is 33.3 Å². The zero-order valence-electron chi connectivity index (χ0n) is 69.8. The molecule has 712 valence electrons. The number of aryl methyl sites for hydroxylation is 2. The van der Waals surface area contributed by atoms with Crippen LogP contribution in [0.3, 0.4) is 0 Å². The lowest BCUT2D eigenvalue weighted by molar-refractivity contribution is 0.306. The zero-order chi connectivity index (χ0) is 96.2. The van der Waals surface area contributed by atoms with Crippen molar-refractivity contribution in [3.8, 4) is 34.0 Å². The SMILES string of the molecule is C.PP(P)P(P(P)P)P(P(P)P)P(P(P(P)P)P(P)P)P(P(P(P(P)P)P(P)P)P(P(P)P)P(P)P)P(P(P(P(P)P)P(P)P)P(P(P)P)P(P)P)P(P(P(P)P)P(P)P)P(P(P)P)P(P)P.[C-]#[N+]c1ccc(Nc2nc(C(C)(C)C)nc(-c3ccc(C)cc3)c2O)cc1.[C-]#[N+]c1ccc(Nc2nc(C(C)(C)C)nc(-c3ccc(C)cc3)c2OCc2ccccc2)cc1. The number of benzene rings is 5. The smallest absolute Gasteiger partial charge is 0.188 e. The summed E-state index contributed by atoms with van der Waals surface area (Å²) in [4.78, 5) is 25.9. The molecule has 37 unspecified atom stereocenters. The molecule has 0 bridgehead atoms. The molecule has 0 aliphatic rings. The van der Waals surface area contributed by atoms with Crippen LogP contribution in [0.1, 0.15) is 77.3 Å². The fraction of sp³-hybridized carbons (Fsp3) is 0.231. The highest BCUT2D eigenvalue weighted by atomic mass is 33.6. The van der Waals surface area contributed by atoms with Crippen LogP contribution >= 0.6 is 527 Å². The van der Waals surface area contributed by atoms with Crippen LogP contribution in [0.15, 0.2) is 127 Å². The van der Waals surface area contributed by atoms with Crippen LogP contribution in [0.5, 0.6) is 11.5 Å². The Hall–Kier alpha value is 20.8. The second-order valence-corrected chi connectivity index (χ2v) is 300. The van der Waals surface area contributed by atoms with Gasteiger partial charge in [0.1, 0.15) is 29.6 Å². The van der Waals surface area contributed by atoms with E-state index >= 15 is 0 Å². The van der Waals surface area contributed by atoms with E-state index in [0.29, 0.717) is 46.9 Å². The minimum absolute atomic E-state index is 0. The maximum Gasteiger partial charge on any atom is 0.188 e. The molecule has 0 saturated carbocycles. The molecule has 76 heteroatoms. The van der Waals surface area contributed by atoms with E-state index in [0.717, 1.165) is 45.1 Å². The van der Waals surface area contributed by atoms with Gasteiger partial charge in [0.2, 0.25) is 0 Å². The van der Waals surface area contributed by atoms with Gasteiger partial charge in [-0.3, -0.25) is 0 Å². The van der Waals surface area contributed by atoms with Crippen molar-refractivity contribution in [3.05, 3.63) is 179 Å². The molecule has 2 aromatic heterocycles. The quantitative estimate of drug-likeness (QED) is 0.0257. The third-order valence-electron chi connectivity index (χ3n) is 15.2. The standard InChI is InChI=1S/C29H28N4O.C22H22N4O.CH4.H68P66/c1-20-11-13-22(14-12-20)25-26(34-19-21-9-7-6-8-10-21)27(33-28(32-25)29(2,3)4)31-24-17-15-23(30-5)16-18-24;1-14-6-8-15(9-7-14)18-19(27)20(26-21(25-18)22(2,3)4)24-17-12-10-16(23-5)11-13-17;;1-35(2)52(36(3)4)60(51(33)34)64(59(49(29)30)50(31)32)66(63(57(45(21)22)46(23)24)58(47(25)26)48(27)28)65(61(53(37(5)6)38(7)8)54(39(9)10)40(11)12)62(55(41(13)14)42(15)16)56(43(17)18)44(19)20/h6-18H,19H2,1-4H3,(H,31,32,33);6-13,27H,1-4H3,(H,24,25,26);1H4;1-34H2. The van der Waals surface area contributed by atoms with Crippen LogP contribution in [-0.4, -0.2) is 25.0 Å².